The van der Waals surface area contributed by atoms with E-state index in [4.69, 9.17) is 14.5 Å². The number of aromatic nitrogens is 1. The van der Waals surface area contributed by atoms with Crippen LogP contribution in [0.1, 0.15) is 31.2 Å². The zero-order valence-corrected chi connectivity index (χ0v) is 21.9. The summed E-state index contributed by atoms with van der Waals surface area (Å²) < 4.78 is 11.2. The largest absolute Gasteiger partial charge is 0.381 e. The molecule has 0 saturated carbocycles. The lowest BCUT2D eigenvalue weighted by molar-refractivity contribution is -0.148. The SMILES string of the molecule is O=C([C@H]1CCCO1)N1CC(CN2C(=O)C3(CCOCC3)N=C2c2ccc(-c3ccc4cccnc4c3)cc2)C1. The van der Waals surface area contributed by atoms with Gasteiger partial charge in [-0.15, -0.1) is 0 Å². The molecule has 8 nitrogen and oxygen atoms in total. The number of hydrogen-bond acceptors (Lipinski definition) is 6. The summed E-state index contributed by atoms with van der Waals surface area (Å²) >= 11 is 0. The highest BCUT2D eigenvalue weighted by Gasteiger charge is 2.50. The maximum Gasteiger partial charge on any atom is 0.256 e. The van der Waals surface area contributed by atoms with Gasteiger partial charge in [-0.05, 0) is 36.1 Å². The van der Waals surface area contributed by atoms with Gasteiger partial charge in [-0.1, -0.05) is 42.5 Å². The van der Waals surface area contributed by atoms with Crippen molar-refractivity contribution in [1.29, 1.82) is 0 Å². The number of amidine groups is 1. The minimum Gasteiger partial charge on any atom is -0.381 e. The average Bonchev–Trinajstić information content (AvgIpc) is 3.59. The first-order valence-corrected chi connectivity index (χ1v) is 14.0. The highest BCUT2D eigenvalue weighted by molar-refractivity contribution is 6.15. The molecule has 2 amide bonds. The molecular formula is C31H32N4O4. The van der Waals surface area contributed by atoms with Crippen LogP contribution in [0.3, 0.4) is 0 Å². The number of carbonyl (C=O) groups is 2. The Bertz CT molecular complexity index is 1430. The van der Waals surface area contributed by atoms with E-state index in [2.05, 4.69) is 53.5 Å². The molecule has 5 heterocycles. The molecule has 0 aliphatic carbocycles. The molecule has 4 aliphatic heterocycles. The fraction of sp³-hybridized carbons (Fsp3) is 0.419. The predicted molar refractivity (Wildman–Crippen MR) is 147 cm³/mol. The van der Waals surface area contributed by atoms with Gasteiger partial charge in [0.15, 0.2) is 0 Å². The third-order valence-electron chi connectivity index (χ3n) is 8.54. The van der Waals surface area contributed by atoms with Crippen LogP contribution < -0.4 is 0 Å². The van der Waals surface area contributed by atoms with Gasteiger partial charge in [0.2, 0.25) is 0 Å². The standard InChI is InChI=1S/C31H32N4O4/c36-29(27-4-2-14-39-27)34-18-21(19-34)20-35-28(33-31(30(35)37)11-15-38-16-12-31)24-8-5-22(6-9-24)25-10-7-23-3-1-13-32-26(23)17-25/h1,3,5-10,13,17,21,27H,2,4,11-12,14-16,18-20H2/t27-/m1/s1. The molecule has 4 aliphatic rings. The number of aliphatic imine (C=N–C) groups is 1. The summed E-state index contributed by atoms with van der Waals surface area (Å²) in [4.78, 5) is 39.8. The third-order valence-corrected chi connectivity index (χ3v) is 8.54. The van der Waals surface area contributed by atoms with E-state index in [1.807, 2.05) is 22.1 Å². The van der Waals surface area contributed by atoms with Gasteiger partial charge < -0.3 is 14.4 Å². The summed E-state index contributed by atoms with van der Waals surface area (Å²) in [6, 6.07) is 18.6. The van der Waals surface area contributed by atoms with Crippen LogP contribution in [0.5, 0.6) is 0 Å². The van der Waals surface area contributed by atoms with Crippen LogP contribution in [0.25, 0.3) is 22.0 Å². The minimum absolute atomic E-state index is 0.0642. The molecule has 3 aromatic rings. The molecule has 8 heteroatoms. The molecule has 3 fully saturated rings. The molecule has 2 aromatic carbocycles. The number of hydrogen-bond donors (Lipinski definition) is 0. The van der Waals surface area contributed by atoms with E-state index in [9.17, 15) is 9.59 Å². The monoisotopic (exact) mass is 524 g/mol. The molecule has 200 valence electrons. The second-order valence-corrected chi connectivity index (χ2v) is 11.1. The second-order valence-electron chi connectivity index (χ2n) is 11.1. The number of benzene rings is 2. The Kier molecular flexibility index (Phi) is 6.16. The van der Waals surface area contributed by atoms with Gasteiger partial charge in [-0.25, -0.2) is 0 Å². The molecule has 7 rings (SSSR count). The first-order valence-electron chi connectivity index (χ1n) is 14.0. The molecular weight excluding hydrogens is 492 g/mol. The lowest BCUT2D eigenvalue weighted by atomic mass is 9.90. The Labute approximate surface area is 227 Å². The van der Waals surface area contributed by atoms with Crippen LogP contribution in [0.2, 0.25) is 0 Å². The van der Waals surface area contributed by atoms with E-state index >= 15 is 0 Å². The second kappa shape index (κ2) is 9.84. The van der Waals surface area contributed by atoms with Crippen molar-refractivity contribution in [1.82, 2.24) is 14.8 Å². The summed E-state index contributed by atoms with van der Waals surface area (Å²) in [6.45, 7) is 3.62. The maximum atomic E-state index is 13.8. The quantitative estimate of drug-likeness (QED) is 0.509. The number of nitrogens with zero attached hydrogens (tertiary/aromatic N) is 4. The summed E-state index contributed by atoms with van der Waals surface area (Å²) in [5, 5.41) is 1.11. The lowest BCUT2D eigenvalue weighted by Crippen LogP contribution is -2.57. The van der Waals surface area contributed by atoms with Gasteiger partial charge in [0, 0.05) is 75.4 Å². The summed E-state index contributed by atoms with van der Waals surface area (Å²) in [5.74, 6) is 1.11. The van der Waals surface area contributed by atoms with Crippen molar-refractivity contribution in [3.05, 3.63) is 66.4 Å². The zero-order valence-electron chi connectivity index (χ0n) is 21.9. The van der Waals surface area contributed by atoms with Crippen molar-refractivity contribution in [2.24, 2.45) is 10.9 Å². The molecule has 3 saturated heterocycles. The van der Waals surface area contributed by atoms with Gasteiger partial charge >= 0.3 is 0 Å². The Morgan fingerprint density at radius 2 is 1.74 bits per heavy atom. The van der Waals surface area contributed by atoms with Gasteiger partial charge in [0.1, 0.15) is 17.5 Å². The zero-order chi connectivity index (χ0) is 26.4. The van der Waals surface area contributed by atoms with E-state index in [0.717, 1.165) is 46.3 Å². The Morgan fingerprint density at radius 1 is 0.974 bits per heavy atom. The number of rotatable bonds is 5. The maximum absolute atomic E-state index is 13.8. The smallest absolute Gasteiger partial charge is 0.256 e. The number of ether oxygens (including phenoxy) is 2. The van der Waals surface area contributed by atoms with E-state index in [0.29, 0.717) is 52.3 Å². The molecule has 0 radical (unpaired) electrons. The Morgan fingerprint density at radius 3 is 2.51 bits per heavy atom. The van der Waals surface area contributed by atoms with E-state index in [1.165, 1.54) is 0 Å². The normalized spacial score (nSPS) is 22.9. The van der Waals surface area contributed by atoms with Gasteiger partial charge in [0.05, 0.1) is 5.52 Å². The van der Waals surface area contributed by atoms with Crippen LogP contribution in [-0.2, 0) is 19.1 Å². The Hall–Kier alpha value is -3.62. The molecule has 0 unspecified atom stereocenters. The number of carbonyl (C=O) groups excluding carboxylic acids is 2. The van der Waals surface area contributed by atoms with Gasteiger partial charge in [0.25, 0.3) is 11.8 Å². The number of amides is 2. The van der Waals surface area contributed by atoms with Crippen LogP contribution in [0.4, 0.5) is 0 Å². The summed E-state index contributed by atoms with van der Waals surface area (Å²) in [5.41, 5.74) is 3.34. The molecule has 1 aromatic heterocycles. The molecule has 0 N–H and O–H groups in total. The molecule has 1 atom stereocenters. The van der Waals surface area contributed by atoms with Crippen molar-refractivity contribution in [2.75, 3.05) is 39.5 Å². The van der Waals surface area contributed by atoms with Crippen molar-refractivity contribution < 1.29 is 19.1 Å². The molecule has 1 spiro atoms. The third kappa shape index (κ3) is 4.41. The Balaban J connectivity index is 1.12. The van der Waals surface area contributed by atoms with Crippen LogP contribution in [0, 0.1) is 5.92 Å². The van der Waals surface area contributed by atoms with Crippen LogP contribution in [0.15, 0.2) is 65.8 Å². The lowest BCUT2D eigenvalue weighted by Gasteiger charge is -2.42. The van der Waals surface area contributed by atoms with Crippen LogP contribution in [-0.4, -0.2) is 83.5 Å². The highest BCUT2D eigenvalue weighted by Crippen LogP contribution is 2.36. The predicted octanol–water partition coefficient (Wildman–Crippen LogP) is 3.68. The first kappa shape index (κ1) is 24.4. The van der Waals surface area contributed by atoms with E-state index in [-0.39, 0.29) is 23.8 Å². The van der Waals surface area contributed by atoms with Gasteiger partial charge in [-0.3, -0.25) is 24.5 Å². The van der Waals surface area contributed by atoms with Gasteiger partial charge in [-0.2, -0.15) is 0 Å². The first-order chi connectivity index (χ1) is 19.1. The fourth-order valence-corrected chi connectivity index (χ4v) is 6.24. The van der Waals surface area contributed by atoms with Crippen molar-refractivity contribution in [2.45, 2.75) is 37.3 Å². The summed E-state index contributed by atoms with van der Waals surface area (Å²) in [7, 11) is 0. The minimum atomic E-state index is -0.743. The number of pyridine rings is 1. The van der Waals surface area contributed by atoms with Crippen LogP contribution >= 0.6 is 0 Å². The van der Waals surface area contributed by atoms with Crippen molar-refractivity contribution >= 4 is 28.6 Å². The highest BCUT2D eigenvalue weighted by atomic mass is 16.5. The van der Waals surface area contributed by atoms with Crippen molar-refractivity contribution in [3.63, 3.8) is 0 Å². The van der Waals surface area contributed by atoms with E-state index < -0.39 is 5.54 Å². The number of likely N-dealkylation sites (tertiary alicyclic amines) is 1. The number of fused-ring (bicyclic) bond motifs is 1. The molecule has 39 heavy (non-hydrogen) atoms. The fourth-order valence-electron chi connectivity index (χ4n) is 6.24. The van der Waals surface area contributed by atoms with Crippen molar-refractivity contribution in [3.8, 4) is 11.1 Å². The average molecular weight is 525 g/mol. The molecule has 0 bridgehead atoms. The topological polar surface area (TPSA) is 84.3 Å². The summed E-state index contributed by atoms with van der Waals surface area (Å²) in [6.07, 6.45) is 4.46. The van der Waals surface area contributed by atoms with E-state index in [1.54, 1.807) is 0 Å².